The number of amidine groups is 2. The predicted molar refractivity (Wildman–Crippen MR) is 86.7 cm³/mol. The van der Waals surface area contributed by atoms with Crippen LogP contribution in [-0.4, -0.2) is 35.3 Å². The van der Waals surface area contributed by atoms with Crippen LogP contribution in [0, 0.1) is 5.41 Å². The molecule has 0 amide bonds. The zero-order chi connectivity index (χ0) is 17.2. The molecule has 1 aromatic carbocycles. The third kappa shape index (κ3) is 6.29. The first-order chi connectivity index (χ1) is 11.0. The average molecular weight is 319 g/mol. The number of hydrogen-bond acceptors (Lipinski definition) is 5. The van der Waals surface area contributed by atoms with Gasteiger partial charge in [0.15, 0.2) is 5.84 Å². The maximum Gasteiger partial charge on any atom is 0.306 e. The molecule has 0 aromatic heterocycles. The van der Waals surface area contributed by atoms with Gasteiger partial charge in [-0.25, -0.2) is 4.99 Å². The highest BCUT2D eigenvalue weighted by Gasteiger charge is 2.16. The first kappa shape index (κ1) is 18.3. The van der Waals surface area contributed by atoms with Crippen LogP contribution in [0.5, 0.6) is 0 Å². The van der Waals surface area contributed by atoms with Gasteiger partial charge in [0.2, 0.25) is 0 Å². The van der Waals surface area contributed by atoms with Crippen molar-refractivity contribution in [3.8, 4) is 0 Å². The standard InChI is InChI=1S/C8H7N3.C8H14O4/c9-7-5-3-1-2-4-6(5)8(10)11-7;1-2-3-6-12-8(11)5-4-7(9)10/h1-4H,(H3,9,10,11);2-6H2,1H3,(H,9,10). The molecule has 0 unspecified atom stereocenters. The summed E-state index contributed by atoms with van der Waals surface area (Å²) in [7, 11) is 0. The van der Waals surface area contributed by atoms with E-state index in [4.69, 9.17) is 21.0 Å². The Morgan fingerprint density at radius 3 is 2.48 bits per heavy atom. The van der Waals surface area contributed by atoms with Crippen LogP contribution < -0.4 is 5.73 Å². The number of nitrogens with zero attached hydrogens (tertiary/aromatic N) is 1. The summed E-state index contributed by atoms with van der Waals surface area (Å²) in [4.78, 5) is 24.6. The van der Waals surface area contributed by atoms with Gasteiger partial charge >= 0.3 is 11.9 Å². The molecular weight excluding hydrogens is 298 g/mol. The molecule has 0 bridgehead atoms. The van der Waals surface area contributed by atoms with E-state index in [1.807, 2.05) is 31.2 Å². The lowest BCUT2D eigenvalue weighted by Crippen LogP contribution is -2.09. The van der Waals surface area contributed by atoms with Gasteiger partial charge in [-0.05, 0) is 6.42 Å². The second-order valence-corrected chi connectivity index (χ2v) is 4.86. The normalized spacial score (nSPS) is 11.9. The van der Waals surface area contributed by atoms with E-state index in [9.17, 15) is 9.59 Å². The van der Waals surface area contributed by atoms with E-state index in [1.165, 1.54) is 0 Å². The number of carboxylic acid groups (broad SMARTS) is 1. The zero-order valence-electron chi connectivity index (χ0n) is 13.0. The van der Waals surface area contributed by atoms with Gasteiger partial charge in [0.05, 0.1) is 19.4 Å². The molecule has 7 nitrogen and oxygen atoms in total. The summed E-state index contributed by atoms with van der Waals surface area (Å²) in [6, 6.07) is 7.48. The molecule has 1 aliphatic rings. The number of hydrogen-bond donors (Lipinski definition) is 3. The fourth-order valence-electron chi connectivity index (χ4n) is 1.77. The summed E-state index contributed by atoms with van der Waals surface area (Å²) >= 11 is 0. The van der Waals surface area contributed by atoms with E-state index in [1.54, 1.807) is 0 Å². The van der Waals surface area contributed by atoms with Gasteiger partial charge in [0.1, 0.15) is 5.84 Å². The largest absolute Gasteiger partial charge is 0.481 e. The summed E-state index contributed by atoms with van der Waals surface area (Å²) in [6.45, 7) is 2.39. The SMILES string of the molecule is CCCCOC(=O)CCC(=O)O.N=C1N=C(N)c2ccccc21. The molecule has 4 N–H and O–H groups in total. The Morgan fingerprint density at radius 2 is 1.91 bits per heavy atom. The molecule has 1 aliphatic heterocycles. The van der Waals surface area contributed by atoms with Gasteiger partial charge in [-0.3, -0.25) is 15.0 Å². The van der Waals surface area contributed by atoms with E-state index < -0.39 is 11.9 Å². The summed E-state index contributed by atoms with van der Waals surface area (Å²) in [5.74, 6) is -0.683. The molecule has 0 fully saturated rings. The fraction of sp³-hybridized carbons (Fsp3) is 0.375. The van der Waals surface area contributed by atoms with Crippen LogP contribution in [0.15, 0.2) is 29.3 Å². The Morgan fingerprint density at radius 1 is 1.26 bits per heavy atom. The predicted octanol–water partition coefficient (Wildman–Crippen LogP) is 1.93. The average Bonchev–Trinajstić information content (AvgIpc) is 2.82. The van der Waals surface area contributed by atoms with Gasteiger partial charge in [-0.15, -0.1) is 0 Å². The van der Waals surface area contributed by atoms with Crippen molar-refractivity contribution in [2.45, 2.75) is 32.6 Å². The van der Waals surface area contributed by atoms with E-state index >= 15 is 0 Å². The highest BCUT2D eigenvalue weighted by atomic mass is 16.5. The summed E-state index contributed by atoms with van der Waals surface area (Å²) in [5.41, 5.74) is 7.24. The molecule has 0 atom stereocenters. The van der Waals surface area contributed by atoms with Crippen molar-refractivity contribution in [3.05, 3.63) is 35.4 Å². The van der Waals surface area contributed by atoms with Crippen LogP contribution in [-0.2, 0) is 14.3 Å². The van der Waals surface area contributed by atoms with Crippen molar-refractivity contribution in [1.29, 1.82) is 5.41 Å². The second-order valence-electron chi connectivity index (χ2n) is 4.86. The van der Waals surface area contributed by atoms with E-state index in [-0.39, 0.29) is 18.7 Å². The van der Waals surface area contributed by atoms with Crippen molar-refractivity contribution in [2.24, 2.45) is 10.7 Å². The first-order valence-corrected chi connectivity index (χ1v) is 7.35. The molecule has 7 heteroatoms. The van der Waals surface area contributed by atoms with Crippen molar-refractivity contribution in [1.82, 2.24) is 0 Å². The van der Waals surface area contributed by atoms with Crippen molar-refractivity contribution >= 4 is 23.6 Å². The highest BCUT2D eigenvalue weighted by molar-refractivity contribution is 6.20. The molecule has 23 heavy (non-hydrogen) atoms. The minimum atomic E-state index is -0.970. The van der Waals surface area contributed by atoms with E-state index in [0.29, 0.717) is 12.4 Å². The number of nitrogens with one attached hydrogen (secondary N) is 1. The number of carbonyl (C=O) groups is 2. The molecule has 2 rings (SSSR count). The third-order valence-corrected chi connectivity index (χ3v) is 2.99. The second kappa shape index (κ2) is 9.34. The summed E-state index contributed by atoms with van der Waals surface area (Å²) < 4.78 is 4.73. The molecule has 0 saturated carbocycles. The van der Waals surface area contributed by atoms with Crippen LogP contribution >= 0.6 is 0 Å². The number of rotatable bonds is 6. The van der Waals surface area contributed by atoms with Crippen LogP contribution in [0.2, 0.25) is 0 Å². The summed E-state index contributed by atoms with van der Waals surface area (Å²) in [5, 5.41) is 15.6. The lowest BCUT2D eigenvalue weighted by Gasteiger charge is -2.01. The van der Waals surface area contributed by atoms with Crippen LogP contribution in [0.1, 0.15) is 43.7 Å². The first-order valence-electron chi connectivity index (χ1n) is 7.35. The van der Waals surface area contributed by atoms with Crippen LogP contribution in [0.4, 0.5) is 0 Å². The van der Waals surface area contributed by atoms with Crippen molar-refractivity contribution < 1.29 is 19.4 Å². The zero-order valence-corrected chi connectivity index (χ0v) is 13.0. The Bertz CT molecular complexity index is 611. The smallest absolute Gasteiger partial charge is 0.306 e. The number of unbranched alkanes of at least 4 members (excludes halogenated alkanes) is 1. The molecule has 124 valence electrons. The van der Waals surface area contributed by atoms with Gasteiger partial charge in [0.25, 0.3) is 0 Å². The number of esters is 1. The number of carboxylic acids is 1. The molecule has 0 saturated heterocycles. The minimum Gasteiger partial charge on any atom is -0.481 e. The lowest BCUT2D eigenvalue weighted by atomic mass is 10.1. The van der Waals surface area contributed by atoms with E-state index in [2.05, 4.69) is 4.99 Å². The Labute approximate surface area is 134 Å². The topological polar surface area (TPSA) is 126 Å². The number of ether oxygens (including phenoxy) is 1. The molecule has 0 radical (unpaired) electrons. The quantitative estimate of drug-likeness (QED) is 0.545. The fourth-order valence-corrected chi connectivity index (χ4v) is 1.77. The Hall–Kier alpha value is -2.70. The maximum atomic E-state index is 10.7. The van der Waals surface area contributed by atoms with Gasteiger partial charge in [-0.2, -0.15) is 0 Å². The number of aliphatic imine (C=N–C) groups is 1. The van der Waals surface area contributed by atoms with Gasteiger partial charge in [0, 0.05) is 11.1 Å². The van der Waals surface area contributed by atoms with Crippen molar-refractivity contribution in [3.63, 3.8) is 0 Å². The van der Waals surface area contributed by atoms with E-state index in [0.717, 1.165) is 24.0 Å². The number of aliphatic carboxylic acids is 1. The Balaban J connectivity index is 0.000000230. The molecule has 1 heterocycles. The van der Waals surface area contributed by atoms with Crippen molar-refractivity contribution in [2.75, 3.05) is 6.61 Å². The summed E-state index contributed by atoms with van der Waals surface area (Å²) in [6.07, 6.45) is 1.62. The number of nitrogens with two attached hydrogens (primary N) is 1. The molecule has 0 aliphatic carbocycles. The van der Waals surface area contributed by atoms with Gasteiger partial charge < -0.3 is 15.6 Å². The number of fused-ring (bicyclic) bond motifs is 1. The molecule has 0 spiro atoms. The minimum absolute atomic E-state index is 0.0287. The molecular formula is C16H21N3O4. The number of carbonyl (C=O) groups excluding carboxylic acids is 1. The van der Waals surface area contributed by atoms with Crippen LogP contribution in [0.3, 0.4) is 0 Å². The van der Waals surface area contributed by atoms with Crippen LogP contribution in [0.25, 0.3) is 0 Å². The molecule has 1 aromatic rings. The Kier molecular flexibility index (Phi) is 7.45. The highest BCUT2D eigenvalue weighted by Crippen LogP contribution is 2.15. The van der Waals surface area contributed by atoms with Gasteiger partial charge in [-0.1, -0.05) is 37.6 Å². The lowest BCUT2D eigenvalue weighted by molar-refractivity contribution is -0.147. The number of benzene rings is 1. The third-order valence-electron chi connectivity index (χ3n) is 2.99. The maximum absolute atomic E-state index is 10.7. The monoisotopic (exact) mass is 319 g/mol.